The molecule has 2 aromatic carbocycles. The minimum absolute atomic E-state index is 0.0178. The number of nitrogens with zero attached hydrogens (tertiary/aromatic N) is 4. The van der Waals surface area contributed by atoms with Crippen molar-refractivity contribution < 1.29 is 9.53 Å². The average Bonchev–Trinajstić information content (AvgIpc) is 3.26. The molecule has 0 radical (unpaired) electrons. The molecular weight excluding hydrogens is 486 g/mol. The molecule has 8 heteroatoms. The van der Waals surface area contributed by atoms with Crippen LogP contribution in [0, 0.1) is 6.92 Å². The second kappa shape index (κ2) is 9.23. The van der Waals surface area contributed by atoms with E-state index in [-0.39, 0.29) is 11.4 Å². The molecule has 0 saturated heterocycles. The summed E-state index contributed by atoms with van der Waals surface area (Å²) in [5, 5.41) is 4.22. The van der Waals surface area contributed by atoms with Gasteiger partial charge in [-0.1, -0.05) is 29.8 Å². The van der Waals surface area contributed by atoms with Gasteiger partial charge in [0.25, 0.3) is 5.91 Å². The van der Waals surface area contributed by atoms with Gasteiger partial charge in [-0.25, -0.2) is 9.97 Å². The highest BCUT2D eigenvalue weighted by Crippen LogP contribution is 2.47. The quantitative estimate of drug-likeness (QED) is 0.330. The van der Waals surface area contributed by atoms with Crippen molar-refractivity contribution in [2.24, 2.45) is 0 Å². The van der Waals surface area contributed by atoms with Crippen LogP contribution in [0.5, 0.6) is 5.75 Å². The summed E-state index contributed by atoms with van der Waals surface area (Å²) in [5.74, 6) is 0.822. The lowest BCUT2D eigenvalue weighted by Crippen LogP contribution is -2.61. The second-order valence-electron chi connectivity index (χ2n) is 9.84. The third-order valence-corrected chi connectivity index (χ3v) is 8.14. The number of nitrogens with one attached hydrogen (secondary N) is 1. The highest BCUT2D eigenvalue weighted by atomic mass is 35.5. The van der Waals surface area contributed by atoms with Gasteiger partial charge in [0.05, 0.1) is 24.0 Å². The van der Waals surface area contributed by atoms with E-state index in [4.69, 9.17) is 16.3 Å². The van der Waals surface area contributed by atoms with Gasteiger partial charge >= 0.3 is 0 Å². The molecule has 1 spiro atoms. The SMILES string of the molecule is COc1ccc(CN2C(=O)c3c(Nc4cccc(Cl)c4C)c(-c4ccncn4)cn3CC23CCC3)cc1. The Balaban J connectivity index is 1.46. The molecule has 1 saturated carbocycles. The summed E-state index contributed by atoms with van der Waals surface area (Å²) in [6, 6.07) is 15.6. The maximum Gasteiger partial charge on any atom is 0.273 e. The summed E-state index contributed by atoms with van der Waals surface area (Å²) in [6.45, 7) is 3.27. The topological polar surface area (TPSA) is 72.3 Å². The molecule has 37 heavy (non-hydrogen) atoms. The zero-order valence-electron chi connectivity index (χ0n) is 20.9. The van der Waals surface area contributed by atoms with E-state index in [9.17, 15) is 4.79 Å². The zero-order chi connectivity index (χ0) is 25.6. The third kappa shape index (κ3) is 4.03. The number of fused-ring (bicyclic) bond motifs is 1. The van der Waals surface area contributed by atoms with E-state index in [0.29, 0.717) is 17.3 Å². The molecule has 1 aliphatic heterocycles. The van der Waals surface area contributed by atoms with Crippen molar-refractivity contribution in [1.82, 2.24) is 19.4 Å². The Bertz CT molecular complexity index is 1460. The number of ether oxygens (including phenoxy) is 1. The molecule has 6 rings (SSSR count). The summed E-state index contributed by atoms with van der Waals surface area (Å²) < 4.78 is 7.44. The predicted molar refractivity (Wildman–Crippen MR) is 144 cm³/mol. The van der Waals surface area contributed by atoms with Crippen LogP contribution in [0.1, 0.15) is 40.9 Å². The van der Waals surface area contributed by atoms with Crippen molar-refractivity contribution in [3.05, 3.63) is 89.1 Å². The second-order valence-corrected chi connectivity index (χ2v) is 10.3. The van der Waals surface area contributed by atoms with Gasteiger partial charge in [-0.15, -0.1) is 0 Å². The van der Waals surface area contributed by atoms with Crippen LogP contribution < -0.4 is 10.1 Å². The summed E-state index contributed by atoms with van der Waals surface area (Å²) in [6.07, 6.45) is 8.42. The molecule has 1 amide bonds. The van der Waals surface area contributed by atoms with Gasteiger partial charge in [-0.2, -0.15) is 0 Å². The first kappa shape index (κ1) is 23.6. The van der Waals surface area contributed by atoms with E-state index in [1.807, 2.05) is 55.5 Å². The Labute approximate surface area is 221 Å². The predicted octanol–water partition coefficient (Wildman–Crippen LogP) is 6.24. The van der Waals surface area contributed by atoms with Gasteiger partial charge < -0.3 is 19.5 Å². The van der Waals surface area contributed by atoms with Crippen molar-refractivity contribution >= 4 is 28.9 Å². The average molecular weight is 514 g/mol. The molecule has 188 valence electrons. The van der Waals surface area contributed by atoms with Gasteiger partial charge in [0.15, 0.2) is 0 Å². The maximum absolute atomic E-state index is 14.3. The number of amides is 1. The molecule has 7 nitrogen and oxygen atoms in total. The molecule has 1 aliphatic carbocycles. The number of aromatic nitrogens is 3. The Hall–Kier alpha value is -3.84. The molecule has 4 aromatic rings. The number of benzene rings is 2. The van der Waals surface area contributed by atoms with Crippen molar-refractivity contribution in [3.8, 4) is 17.0 Å². The highest BCUT2D eigenvalue weighted by Gasteiger charge is 2.50. The Morgan fingerprint density at radius 2 is 1.95 bits per heavy atom. The first-order chi connectivity index (χ1) is 18.0. The van der Waals surface area contributed by atoms with E-state index >= 15 is 0 Å². The van der Waals surface area contributed by atoms with Gasteiger partial charge in [0.2, 0.25) is 0 Å². The molecule has 0 atom stereocenters. The van der Waals surface area contributed by atoms with Crippen LogP contribution in [0.15, 0.2) is 67.3 Å². The van der Waals surface area contributed by atoms with Gasteiger partial charge in [-0.05, 0) is 67.6 Å². The Morgan fingerprint density at radius 3 is 2.62 bits per heavy atom. The minimum atomic E-state index is -0.185. The van der Waals surface area contributed by atoms with Crippen LogP contribution >= 0.6 is 11.6 Å². The highest BCUT2D eigenvalue weighted by molar-refractivity contribution is 6.31. The number of anilines is 2. The lowest BCUT2D eigenvalue weighted by atomic mass is 9.73. The number of rotatable bonds is 6. The minimum Gasteiger partial charge on any atom is -0.497 e. The largest absolute Gasteiger partial charge is 0.497 e. The number of halogens is 1. The van der Waals surface area contributed by atoms with Gasteiger partial charge in [-0.3, -0.25) is 4.79 Å². The fourth-order valence-electron chi connectivity index (χ4n) is 5.47. The van der Waals surface area contributed by atoms with Crippen molar-refractivity contribution in [2.45, 2.75) is 44.8 Å². The van der Waals surface area contributed by atoms with E-state index in [1.165, 1.54) is 6.33 Å². The fraction of sp³-hybridized carbons (Fsp3) is 0.276. The van der Waals surface area contributed by atoms with Crippen molar-refractivity contribution in [2.75, 3.05) is 12.4 Å². The number of carbonyl (C=O) groups is 1. The molecule has 1 fully saturated rings. The van der Waals surface area contributed by atoms with Crippen molar-refractivity contribution in [3.63, 3.8) is 0 Å². The monoisotopic (exact) mass is 513 g/mol. The number of carbonyl (C=O) groups excluding carboxylic acids is 1. The zero-order valence-corrected chi connectivity index (χ0v) is 21.6. The van der Waals surface area contributed by atoms with Crippen LogP contribution in [-0.2, 0) is 13.1 Å². The van der Waals surface area contributed by atoms with Crippen LogP contribution in [0.3, 0.4) is 0 Å². The first-order valence-corrected chi connectivity index (χ1v) is 12.8. The Kier molecular flexibility index (Phi) is 5.88. The van der Waals surface area contributed by atoms with E-state index in [2.05, 4.69) is 30.9 Å². The molecule has 2 aliphatic rings. The van der Waals surface area contributed by atoms with Crippen molar-refractivity contribution in [1.29, 1.82) is 0 Å². The van der Waals surface area contributed by atoms with Crippen LogP contribution in [0.25, 0.3) is 11.3 Å². The lowest BCUT2D eigenvalue weighted by molar-refractivity contribution is -0.00939. The third-order valence-electron chi connectivity index (χ3n) is 7.73. The number of methoxy groups -OCH3 is 1. The lowest BCUT2D eigenvalue weighted by Gasteiger charge is -2.53. The normalized spacial score (nSPS) is 15.9. The Morgan fingerprint density at radius 1 is 1.14 bits per heavy atom. The van der Waals surface area contributed by atoms with E-state index in [1.54, 1.807) is 13.3 Å². The molecular formula is C29H28ClN5O2. The summed E-state index contributed by atoms with van der Waals surface area (Å²) in [7, 11) is 1.66. The van der Waals surface area contributed by atoms with E-state index < -0.39 is 0 Å². The van der Waals surface area contributed by atoms with Crippen LogP contribution in [-0.4, -0.2) is 38.0 Å². The summed E-state index contributed by atoms with van der Waals surface area (Å²) in [4.78, 5) is 25.0. The van der Waals surface area contributed by atoms with E-state index in [0.717, 1.165) is 65.3 Å². The molecule has 0 unspecified atom stereocenters. The first-order valence-electron chi connectivity index (χ1n) is 12.5. The smallest absolute Gasteiger partial charge is 0.273 e. The standard InChI is InChI=1S/C29H28ClN5O2/c1-19-23(30)5-3-6-24(19)33-26-22(25-11-14-31-18-32-25)16-34-17-29(12-4-13-29)35(28(36)27(26)34)15-20-7-9-21(37-2)10-8-20/h3,5-11,14,16,18,33H,4,12-13,15,17H2,1-2H3. The molecule has 2 aromatic heterocycles. The van der Waals surface area contributed by atoms with Gasteiger partial charge in [0, 0.05) is 41.8 Å². The maximum atomic E-state index is 14.3. The molecule has 1 N–H and O–H groups in total. The number of hydrogen-bond acceptors (Lipinski definition) is 5. The summed E-state index contributed by atoms with van der Waals surface area (Å²) in [5.41, 5.74) is 5.68. The van der Waals surface area contributed by atoms with Crippen LogP contribution in [0.4, 0.5) is 11.4 Å². The van der Waals surface area contributed by atoms with Gasteiger partial charge in [0.1, 0.15) is 17.8 Å². The number of hydrogen-bond donors (Lipinski definition) is 1. The molecule has 3 heterocycles. The van der Waals surface area contributed by atoms with Crippen LogP contribution in [0.2, 0.25) is 5.02 Å². The molecule has 0 bridgehead atoms. The fourth-order valence-corrected chi connectivity index (χ4v) is 5.65. The summed E-state index contributed by atoms with van der Waals surface area (Å²) >= 11 is 6.43.